The Hall–Kier alpha value is -2.74. The van der Waals surface area contributed by atoms with Gasteiger partial charge in [-0.05, 0) is 24.6 Å². The average Bonchev–Trinajstić information content (AvgIpc) is 2.68. The van der Waals surface area contributed by atoms with E-state index in [1.54, 1.807) is 0 Å². The molecule has 2 rings (SSSR count). The van der Waals surface area contributed by atoms with Crippen LogP contribution < -0.4 is 15.4 Å². The van der Waals surface area contributed by atoms with Gasteiger partial charge in [-0.15, -0.1) is 0 Å². The first-order chi connectivity index (χ1) is 13.5. The number of nitrogens with zero attached hydrogens (tertiary/aromatic N) is 1. The van der Waals surface area contributed by atoms with E-state index in [0.717, 1.165) is 5.56 Å². The fourth-order valence-electron chi connectivity index (χ4n) is 2.63. The lowest BCUT2D eigenvalue weighted by atomic mass is 10.0. The topological polar surface area (TPSA) is 65.9 Å². The Labute approximate surface area is 162 Å². The van der Waals surface area contributed by atoms with E-state index >= 15 is 0 Å². The molecule has 2 aromatic rings. The van der Waals surface area contributed by atoms with Gasteiger partial charge in [0.05, 0.1) is 18.7 Å². The Kier molecular flexibility index (Phi) is 8.61. The van der Waals surface area contributed by atoms with E-state index in [1.165, 1.54) is 18.2 Å². The number of aliphatic hydroxyl groups is 1. The van der Waals surface area contributed by atoms with Crippen molar-refractivity contribution in [3.63, 3.8) is 0 Å². The van der Waals surface area contributed by atoms with Crippen molar-refractivity contribution in [3.8, 4) is 5.75 Å². The summed E-state index contributed by atoms with van der Waals surface area (Å²) in [5.74, 6) is -0.693. The highest BCUT2D eigenvalue weighted by molar-refractivity contribution is 5.79. The Morgan fingerprint density at radius 2 is 1.86 bits per heavy atom. The zero-order valence-corrected chi connectivity index (χ0v) is 15.5. The molecule has 152 valence electrons. The number of nitrogens with one attached hydrogen (secondary N) is 2. The molecule has 0 aromatic heterocycles. The monoisotopic (exact) mass is 395 g/mol. The molecule has 0 saturated heterocycles. The number of hydrogen-bond acceptors (Lipinski definition) is 3. The van der Waals surface area contributed by atoms with Gasteiger partial charge in [-0.1, -0.05) is 36.4 Å². The summed E-state index contributed by atoms with van der Waals surface area (Å²) in [5.41, 5.74) is 0.914. The summed E-state index contributed by atoms with van der Waals surface area (Å²) in [6, 6.07) is 13.2. The molecule has 28 heavy (non-hydrogen) atoms. The first-order valence-electron chi connectivity index (χ1n) is 8.95. The van der Waals surface area contributed by atoms with Crippen LogP contribution in [0.3, 0.4) is 0 Å². The number of alkyl halides is 2. The number of halogens is 3. The molecule has 8 heteroatoms. The molecular weight excluding hydrogens is 371 g/mol. The maximum atomic E-state index is 14.1. The van der Waals surface area contributed by atoms with Crippen LogP contribution in [0.4, 0.5) is 13.2 Å². The third kappa shape index (κ3) is 6.45. The van der Waals surface area contributed by atoms with Crippen LogP contribution in [0.5, 0.6) is 5.75 Å². The molecule has 0 saturated carbocycles. The van der Waals surface area contributed by atoms with Crippen LogP contribution in [0.2, 0.25) is 0 Å². The van der Waals surface area contributed by atoms with Gasteiger partial charge in [0.1, 0.15) is 11.6 Å². The molecule has 0 aliphatic carbocycles. The van der Waals surface area contributed by atoms with E-state index in [2.05, 4.69) is 20.4 Å². The van der Waals surface area contributed by atoms with Crippen molar-refractivity contribution in [2.24, 2.45) is 4.99 Å². The zero-order valence-electron chi connectivity index (χ0n) is 15.5. The molecule has 1 unspecified atom stereocenters. The second kappa shape index (κ2) is 11.2. The van der Waals surface area contributed by atoms with E-state index in [1.807, 2.05) is 37.3 Å². The van der Waals surface area contributed by atoms with Gasteiger partial charge in [-0.25, -0.2) is 9.38 Å². The van der Waals surface area contributed by atoms with Crippen molar-refractivity contribution in [2.45, 2.75) is 26.0 Å². The molecule has 0 amide bonds. The van der Waals surface area contributed by atoms with Crippen LogP contribution in [0, 0.1) is 5.82 Å². The number of hydrogen-bond donors (Lipinski definition) is 3. The van der Waals surface area contributed by atoms with Crippen molar-refractivity contribution in [3.05, 3.63) is 65.5 Å². The highest BCUT2D eigenvalue weighted by Gasteiger charge is 2.14. The Morgan fingerprint density at radius 3 is 2.50 bits per heavy atom. The number of guanidine groups is 1. The number of aliphatic imine (C=N–C) groups is 1. The Bertz CT molecular complexity index is 758. The smallest absolute Gasteiger partial charge is 0.387 e. The lowest BCUT2D eigenvalue weighted by molar-refractivity contribution is -0.0506. The predicted octanol–water partition coefficient (Wildman–Crippen LogP) is 3.26. The largest absolute Gasteiger partial charge is 0.434 e. The molecule has 0 bridgehead atoms. The molecule has 3 N–H and O–H groups in total. The number of rotatable bonds is 9. The van der Waals surface area contributed by atoms with Crippen LogP contribution in [-0.2, 0) is 6.54 Å². The van der Waals surface area contributed by atoms with Crippen molar-refractivity contribution in [1.82, 2.24) is 10.6 Å². The van der Waals surface area contributed by atoms with Crippen LogP contribution in [-0.4, -0.2) is 37.4 Å². The van der Waals surface area contributed by atoms with Gasteiger partial charge >= 0.3 is 6.61 Å². The standard InChI is InChI=1S/C20H24F3N3O2/c1-2-24-20(25-11-15(13-27)14-7-4-3-5-8-14)26-12-16-17(21)9-6-10-18(16)28-19(22)23/h3-10,15,19,27H,2,11-13H2,1H3,(H2,24,25,26). The number of ether oxygens (including phenoxy) is 1. The maximum Gasteiger partial charge on any atom is 0.387 e. The quantitative estimate of drug-likeness (QED) is 0.451. The average molecular weight is 395 g/mol. The minimum atomic E-state index is -3.05. The Morgan fingerprint density at radius 1 is 1.11 bits per heavy atom. The normalized spacial score (nSPS) is 12.7. The molecule has 2 aromatic carbocycles. The molecule has 0 radical (unpaired) electrons. The zero-order chi connectivity index (χ0) is 20.4. The summed E-state index contributed by atoms with van der Waals surface area (Å²) in [6.45, 7) is -0.475. The third-order valence-corrected chi connectivity index (χ3v) is 4.04. The number of benzene rings is 2. The summed E-state index contributed by atoms with van der Waals surface area (Å²) >= 11 is 0. The van der Waals surface area contributed by atoms with Crippen LogP contribution in [0.25, 0.3) is 0 Å². The van der Waals surface area contributed by atoms with Crippen molar-refractivity contribution < 1.29 is 23.0 Å². The Balaban J connectivity index is 2.10. The summed E-state index contributed by atoms with van der Waals surface area (Å²) < 4.78 is 43.5. The highest BCUT2D eigenvalue weighted by atomic mass is 19.3. The molecule has 0 aliphatic heterocycles. The maximum absolute atomic E-state index is 14.1. The molecule has 5 nitrogen and oxygen atoms in total. The SMILES string of the molecule is CCNC(=NCc1c(F)cccc1OC(F)F)NCC(CO)c1ccccc1. The summed E-state index contributed by atoms with van der Waals surface area (Å²) in [5, 5.41) is 15.7. The second-order valence-electron chi connectivity index (χ2n) is 5.96. The van der Waals surface area contributed by atoms with E-state index in [9.17, 15) is 18.3 Å². The van der Waals surface area contributed by atoms with Gasteiger partial charge in [0.2, 0.25) is 0 Å². The fraction of sp³-hybridized carbons (Fsp3) is 0.350. The van der Waals surface area contributed by atoms with E-state index < -0.39 is 12.4 Å². The molecule has 0 spiro atoms. The summed E-state index contributed by atoms with van der Waals surface area (Å²) in [7, 11) is 0. The first kappa shape index (κ1) is 21.6. The number of aliphatic hydroxyl groups excluding tert-OH is 1. The first-order valence-corrected chi connectivity index (χ1v) is 8.95. The van der Waals surface area contributed by atoms with Crippen molar-refractivity contribution in [2.75, 3.05) is 19.7 Å². The van der Waals surface area contributed by atoms with Crippen LogP contribution in [0.1, 0.15) is 24.0 Å². The van der Waals surface area contributed by atoms with E-state index in [-0.39, 0.29) is 30.4 Å². The van der Waals surface area contributed by atoms with Crippen LogP contribution >= 0.6 is 0 Å². The highest BCUT2D eigenvalue weighted by Crippen LogP contribution is 2.24. The van der Waals surface area contributed by atoms with Gasteiger partial charge < -0.3 is 20.5 Å². The fourth-order valence-corrected chi connectivity index (χ4v) is 2.63. The lowest BCUT2D eigenvalue weighted by Gasteiger charge is -2.18. The minimum Gasteiger partial charge on any atom is -0.434 e. The van der Waals surface area contributed by atoms with Gasteiger partial charge in [0, 0.05) is 19.0 Å². The summed E-state index contributed by atoms with van der Waals surface area (Å²) in [6.07, 6.45) is 0. The van der Waals surface area contributed by atoms with Gasteiger partial charge in [-0.3, -0.25) is 0 Å². The van der Waals surface area contributed by atoms with E-state index in [0.29, 0.717) is 19.0 Å². The molecule has 1 atom stereocenters. The summed E-state index contributed by atoms with van der Waals surface area (Å²) in [4.78, 5) is 4.26. The molecule has 0 aliphatic rings. The predicted molar refractivity (Wildman–Crippen MR) is 102 cm³/mol. The van der Waals surface area contributed by atoms with Crippen molar-refractivity contribution in [1.29, 1.82) is 0 Å². The van der Waals surface area contributed by atoms with E-state index in [4.69, 9.17) is 0 Å². The molecular formula is C20H24F3N3O2. The van der Waals surface area contributed by atoms with Gasteiger partial charge in [0.15, 0.2) is 5.96 Å². The molecule has 0 heterocycles. The van der Waals surface area contributed by atoms with Gasteiger partial charge in [0.25, 0.3) is 0 Å². The van der Waals surface area contributed by atoms with Gasteiger partial charge in [-0.2, -0.15) is 8.78 Å². The lowest BCUT2D eigenvalue weighted by Crippen LogP contribution is -2.40. The molecule has 0 fully saturated rings. The minimum absolute atomic E-state index is 0.0539. The third-order valence-electron chi connectivity index (χ3n) is 4.04. The second-order valence-corrected chi connectivity index (χ2v) is 5.96. The van der Waals surface area contributed by atoms with Crippen LogP contribution in [0.15, 0.2) is 53.5 Å². The van der Waals surface area contributed by atoms with Crippen molar-refractivity contribution >= 4 is 5.96 Å².